The summed E-state index contributed by atoms with van der Waals surface area (Å²) in [6.45, 7) is 0.305. The van der Waals surface area contributed by atoms with Crippen LogP contribution < -0.4 is 5.32 Å². The van der Waals surface area contributed by atoms with Crippen molar-refractivity contribution in [2.75, 3.05) is 6.26 Å². The molecule has 9 heteroatoms. The van der Waals surface area contributed by atoms with Gasteiger partial charge in [0.1, 0.15) is 5.82 Å². The van der Waals surface area contributed by atoms with Gasteiger partial charge in [-0.15, -0.1) is 11.3 Å². The number of nitrogens with zero attached hydrogens (tertiary/aromatic N) is 1. The van der Waals surface area contributed by atoms with Crippen LogP contribution in [0.25, 0.3) is 21.7 Å². The van der Waals surface area contributed by atoms with Crippen molar-refractivity contribution in [3.63, 3.8) is 0 Å². The average Bonchev–Trinajstić information content (AvgIpc) is 3.24. The van der Waals surface area contributed by atoms with Gasteiger partial charge in [0.15, 0.2) is 14.8 Å². The van der Waals surface area contributed by atoms with E-state index in [4.69, 9.17) is 11.6 Å². The zero-order valence-corrected chi connectivity index (χ0v) is 19.8. The molecule has 0 radical (unpaired) electrons. The number of sulfone groups is 1. The van der Waals surface area contributed by atoms with Crippen LogP contribution >= 0.6 is 22.9 Å². The maximum Gasteiger partial charge on any atom is 0.280 e. The van der Waals surface area contributed by atoms with Gasteiger partial charge in [0, 0.05) is 23.4 Å². The Kier molecular flexibility index (Phi) is 6.60. The van der Waals surface area contributed by atoms with E-state index in [-0.39, 0.29) is 21.6 Å². The Morgan fingerprint density at radius 1 is 0.970 bits per heavy atom. The molecule has 0 aliphatic heterocycles. The second-order valence-electron chi connectivity index (χ2n) is 7.31. The minimum Gasteiger partial charge on any atom is -0.346 e. The van der Waals surface area contributed by atoms with Crippen molar-refractivity contribution in [3.05, 3.63) is 94.2 Å². The molecule has 4 rings (SSSR count). The van der Waals surface area contributed by atoms with Crippen molar-refractivity contribution in [3.8, 4) is 21.7 Å². The van der Waals surface area contributed by atoms with Gasteiger partial charge in [-0.05, 0) is 59.7 Å². The number of benzene rings is 3. The molecule has 0 bridgehead atoms. The summed E-state index contributed by atoms with van der Waals surface area (Å²) < 4.78 is 37.0. The van der Waals surface area contributed by atoms with Gasteiger partial charge in [-0.3, -0.25) is 4.79 Å². The Bertz CT molecular complexity index is 1400. The fraction of sp³-hybridized carbons (Fsp3) is 0.0833. The molecule has 168 valence electrons. The predicted octanol–water partition coefficient (Wildman–Crippen LogP) is 5.60. The Labute approximate surface area is 199 Å². The molecule has 0 atom stereocenters. The fourth-order valence-electron chi connectivity index (χ4n) is 3.13. The third-order valence-electron chi connectivity index (χ3n) is 4.85. The SMILES string of the molecule is CS(=O)(=O)c1ccc(-c2sc(C(=O)NCc3ccc(Cl)cc3)nc2-c2ccc(F)cc2)cc1. The average molecular weight is 501 g/mol. The van der Waals surface area contributed by atoms with E-state index in [1.807, 2.05) is 12.1 Å². The molecule has 1 heterocycles. The van der Waals surface area contributed by atoms with E-state index in [1.165, 1.54) is 35.6 Å². The molecule has 1 aromatic heterocycles. The third kappa shape index (κ3) is 5.47. The van der Waals surface area contributed by atoms with Crippen molar-refractivity contribution >= 4 is 38.7 Å². The molecular formula is C24H18ClFN2O3S2. The lowest BCUT2D eigenvalue weighted by Gasteiger charge is -2.04. The van der Waals surface area contributed by atoms with Crippen LogP contribution in [0.3, 0.4) is 0 Å². The minimum absolute atomic E-state index is 0.194. The van der Waals surface area contributed by atoms with Gasteiger partial charge in [0.05, 0.1) is 15.5 Å². The second-order valence-corrected chi connectivity index (χ2v) is 10.8. The normalized spacial score (nSPS) is 11.4. The Balaban J connectivity index is 1.68. The lowest BCUT2D eigenvalue weighted by molar-refractivity contribution is 0.0950. The highest BCUT2D eigenvalue weighted by molar-refractivity contribution is 7.90. The van der Waals surface area contributed by atoms with E-state index in [9.17, 15) is 17.6 Å². The maximum atomic E-state index is 13.5. The lowest BCUT2D eigenvalue weighted by Crippen LogP contribution is -2.22. The molecule has 1 N–H and O–H groups in total. The fourth-order valence-corrected chi connectivity index (χ4v) is 4.90. The highest BCUT2D eigenvalue weighted by Crippen LogP contribution is 2.37. The number of nitrogens with one attached hydrogen (secondary N) is 1. The monoisotopic (exact) mass is 500 g/mol. The van der Waals surface area contributed by atoms with E-state index in [0.29, 0.717) is 33.3 Å². The van der Waals surface area contributed by atoms with Crippen LogP contribution in [-0.4, -0.2) is 25.6 Å². The molecule has 0 aliphatic rings. The first-order valence-corrected chi connectivity index (χ1v) is 12.9. The summed E-state index contributed by atoms with van der Waals surface area (Å²) >= 11 is 7.08. The quantitative estimate of drug-likeness (QED) is 0.373. The van der Waals surface area contributed by atoms with Gasteiger partial charge >= 0.3 is 0 Å². The summed E-state index contributed by atoms with van der Waals surface area (Å²) in [6, 6.07) is 19.3. The van der Waals surface area contributed by atoms with Crippen LogP contribution in [0.1, 0.15) is 15.4 Å². The predicted molar refractivity (Wildman–Crippen MR) is 129 cm³/mol. The molecule has 0 fully saturated rings. The molecule has 33 heavy (non-hydrogen) atoms. The molecule has 0 aliphatic carbocycles. The lowest BCUT2D eigenvalue weighted by atomic mass is 10.1. The first kappa shape index (κ1) is 23.1. The Hall–Kier alpha value is -3.07. The van der Waals surface area contributed by atoms with Crippen LogP contribution in [0.5, 0.6) is 0 Å². The summed E-state index contributed by atoms with van der Waals surface area (Å²) in [5.74, 6) is -0.730. The summed E-state index contributed by atoms with van der Waals surface area (Å²) in [4.78, 5) is 18.2. The van der Waals surface area contributed by atoms with E-state index in [1.54, 1.807) is 36.4 Å². The van der Waals surface area contributed by atoms with Crippen molar-refractivity contribution in [2.24, 2.45) is 0 Å². The molecular weight excluding hydrogens is 483 g/mol. The molecule has 0 unspecified atom stereocenters. The summed E-state index contributed by atoms with van der Waals surface area (Å²) in [7, 11) is -3.34. The van der Waals surface area contributed by atoms with E-state index in [2.05, 4.69) is 10.3 Å². The number of amides is 1. The molecule has 1 amide bonds. The van der Waals surface area contributed by atoms with Gasteiger partial charge in [0.25, 0.3) is 5.91 Å². The number of aromatic nitrogens is 1. The summed E-state index contributed by atoms with van der Waals surface area (Å²) in [5.41, 5.74) is 2.76. The van der Waals surface area contributed by atoms with E-state index >= 15 is 0 Å². The van der Waals surface area contributed by atoms with Crippen LogP contribution in [0, 0.1) is 5.82 Å². The van der Waals surface area contributed by atoms with Gasteiger partial charge < -0.3 is 5.32 Å². The highest BCUT2D eigenvalue weighted by Gasteiger charge is 2.20. The highest BCUT2D eigenvalue weighted by atomic mass is 35.5. The van der Waals surface area contributed by atoms with Crippen LogP contribution in [0.4, 0.5) is 4.39 Å². The number of thiazole rings is 1. The second kappa shape index (κ2) is 9.43. The molecule has 0 saturated heterocycles. The third-order valence-corrected chi connectivity index (χ3v) is 7.33. The number of hydrogen-bond acceptors (Lipinski definition) is 5. The summed E-state index contributed by atoms with van der Waals surface area (Å²) in [6.07, 6.45) is 1.14. The number of halogens is 2. The largest absolute Gasteiger partial charge is 0.346 e. The van der Waals surface area contributed by atoms with Gasteiger partial charge in [0.2, 0.25) is 0 Å². The molecule has 0 saturated carbocycles. The van der Waals surface area contributed by atoms with Gasteiger partial charge in [-0.25, -0.2) is 17.8 Å². The standard InChI is InChI=1S/C24H18ClFN2O3S2/c1-33(30,31)20-12-6-17(7-13-20)22-21(16-4-10-19(26)11-5-16)28-24(32-22)23(29)27-14-15-2-8-18(25)9-3-15/h2-13H,14H2,1H3,(H,27,29). The van der Waals surface area contributed by atoms with Crippen LogP contribution in [0.2, 0.25) is 5.02 Å². The zero-order valence-electron chi connectivity index (χ0n) is 17.4. The van der Waals surface area contributed by atoms with Crippen LogP contribution in [-0.2, 0) is 16.4 Å². The number of carbonyl (C=O) groups is 1. The summed E-state index contributed by atoms with van der Waals surface area (Å²) in [5, 5.41) is 3.70. The molecule has 3 aromatic carbocycles. The maximum absolute atomic E-state index is 13.5. The van der Waals surface area contributed by atoms with Crippen molar-refractivity contribution in [1.82, 2.24) is 10.3 Å². The Morgan fingerprint density at radius 2 is 1.58 bits per heavy atom. The van der Waals surface area contributed by atoms with Crippen molar-refractivity contribution in [1.29, 1.82) is 0 Å². The smallest absolute Gasteiger partial charge is 0.280 e. The molecule has 4 aromatic rings. The zero-order chi connectivity index (χ0) is 23.6. The topological polar surface area (TPSA) is 76.1 Å². The minimum atomic E-state index is -3.34. The molecule has 0 spiro atoms. The van der Waals surface area contributed by atoms with E-state index in [0.717, 1.165) is 11.8 Å². The first-order valence-electron chi connectivity index (χ1n) is 9.80. The van der Waals surface area contributed by atoms with Gasteiger partial charge in [-0.1, -0.05) is 35.9 Å². The van der Waals surface area contributed by atoms with Crippen molar-refractivity contribution < 1.29 is 17.6 Å². The molecule has 5 nitrogen and oxygen atoms in total. The number of rotatable bonds is 6. The number of hydrogen-bond donors (Lipinski definition) is 1. The van der Waals surface area contributed by atoms with E-state index < -0.39 is 9.84 Å². The van der Waals surface area contributed by atoms with Crippen LogP contribution in [0.15, 0.2) is 77.7 Å². The number of carbonyl (C=O) groups excluding carboxylic acids is 1. The Morgan fingerprint density at radius 3 is 2.18 bits per heavy atom. The van der Waals surface area contributed by atoms with Gasteiger partial charge in [-0.2, -0.15) is 0 Å². The first-order chi connectivity index (χ1) is 15.7. The van der Waals surface area contributed by atoms with Crippen molar-refractivity contribution in [2.45, 2.75) is 11.4 Å².